The highest BCUT2D eigenvalue weighted by Crippen LogP contribution is 2.38. The van der Waals surface area contributed by atoms with E-state index in [1.54, 1.807) is 59.6 Å². The third-order valence-corrected chi connectivity index (χ3v) is 6.87. The fraction of sp³-hybridized carbons (Fsp3) is 0.154. The average molecular weight is 549 g/mol. The first-order valence-electron chi connectivity index (χ1n) is 11.2. The first-order valence-corrected chi connectivity index (χ1v) is 12.0. The molecule has 2 aliphatic rings. The summed E-state index contributed by atoms with van der Waals surface area (Å²) in [4.78, 5) is 38.7. The van der Waals surface area contributed by atoms with Gasteiger partial charge < -0.3 is 10.5 Å². The van der Waals surface area contributed by atoms with E-state index in [-0.39, 0.29) is 11.6 Å². The van der Waals surface area contributed by atoms with Crippen molar-refractivity contribution in [1.82, 2.24) is 5.01 Å². The zero-order chi connectivity index (χ0) is 25.4. The number of benzene rings is 3. The second-order valence-electron chi connectivity index (χ2n) is 8.51. The van der Waals surface area contributed by atoms with Crippen LogP contribution in [0.4, 0.5) is 17.1 Å². The van der Waals surface area contributed by atoms with Gasteiger partial charge in [0.25, 0.3) is 11.6 Å². The molecule has 2 heterocycles. The Kier molecular flexibility index (Phi) is 6.40. The Labute approximate surface area is 214 Å². The molecule has 3 aromatic rings. The number of hydrogen-bond donors (Lipinski definition) is 2. The summed E-state index contributed by atoms with van der Waals surface area (Å²) in [6.45, 7) is 0. The molecule has 0 aliphatic carbocycles. The number of hydrazine groups is 1. The number of nitrogens with one attached hydrogen (secondary N) is 1. The summed E-state index contributed by atoms with van der Waals surface area (Å²) in [7, 11) is 0. The van der Waals surface area contributed by atoms with Crippen molar-refractivity contribution in [2.24, 2.45) is 5.92 Å². The number of carbonyl (C=O) groups is 2. The molecule has 1 fully saturated rings. The van der Waals surface area contributed by atoms with E-state index >= 15 is 0 Å². The molecule has 0 saturated carbocycles. The van der Waals surface area contributed by atoms with Gasteiger partial charge in [-0.3, -0.25) is 19.7 Å². The van der Waals surface area contributed by atoms with E-state index in [0.717, 1.165) is 4.47 Å². The molecule has 9 nitrogen and oxygen atoms in total. The number of nitro groups is 1. The van der Waals surface area contributed by atoms with E-state index in [1.165, 1.54) is 29.2 Å². The number of para-hydroxylation sites is 1. The summed E-state index contributed by atoms with van der Waals surface area (Å²) in [6, 6.07) is 19.9. The lowest BCUT2D eigenvalue weighted by molar-refractivity contribution is -0.384. The van der Waals surface area contributed by atoms with Gasteiger partial charge in [0.15, 0.2) is 0 Å². The second kappa shape index (κ2) is 9.65. The Hall–Kier alpha value is -3.86. The minimum atomic E-state index is -1.03. The maximum absolute atomic E-state index is 13.7. The van der Waals surface area contributed by atoms with Crippen LogP contribution in [-0.2, 0) is 9.59 Å². The molecule has 10 heteroatoms. The van der Waals surface area contributed by atoms with Gasteiger partial charge in [0.1, 0.15) is 6.04 Å². The number of carbonyl (C=O) groups excluding carboxylic acids is 2. The van der Waals surface area contributed by atoms with Crippen LogP contribution in [-0.4, -0.2) is 38.9 Å². The van der Waals surface area contributed by atoms with Gasteiger partial charge in [0.05, 0.1) is 28.7 Å². The number of aliphatic hydroxyl groups excluding tert-OH is 1. The number of nitrogens with zero attached hydrogens (tertiary/aromatic N) is 3. The largest absolute Gasteiger partial charge is 0.386 e. The summed E-state index contributed by atoms with van der Waals surface area (Å²) in [6.07, 6.45) is 2.36. The fourth-order valence-corrected chi connectivity index (χ4v) is 4.83. The smallest absolute Gasteiger partial charge is 0.269 e. The molecular formula is C26H21BrN4O5. The summed E-state index contributed by atoms with van der Waals surface area (Å²) in [5.74, 6) is -1.56. The van der Waals surface area contributed by atoms with Gasteiger partial charge >= 0.3 is 0 Å². The van der Waals surface area contributed by atoms with Gasteiger partial charge in [-0.15, -0.1) is 0 Å². The molecule has 4 atom stereocenters. The molecule has 0 bridgehead atoms. The van der Waals surface area contributed by atoms with Crippen LogP contribution >= 0.6 is 15.9 Å². The van der Waals surface area contributed by atoms with Crippen molar-refractivity contribution in [3.63, 3.8) is 0 Å². The lowest BCUT2D eigenvalue weighted by atomic mass is 9.90. The van der Waals surface area contributed by atoms with Crippen molar-refractivity contribution < 1.29 is 19.6 Å². The summed E-state index contributed by atoms with van der Waals surface area (Å²) in [5, 5.41) is 23.9. The molecule has 0 spiro atoms. The minimum absolute atomic E-state index is 0.0780. The molecular weight excluding hydrogens is 528 g/mol. The predicted octanol–water partition coefficient (Wildman–Crippen LogP) is 4.22. The number of non-ortho nitro benzene ring substituents is 1. The third kappa shape index (κ3) is 4.30. The first kappa shape index (κ1) is 23.9. The number of hydrogen-bond acceptors (Lipinski definition) is 7. The number of halogens is 1. The van der Waals surface area contributed by atoms with Crippen LogP contribution in [0.1, 0.15) is 11.7 Å². The zero-order valence-corrected chi connectivity index (χ0v) is 20.4. The first-order chi connectivity index (χ1) is 17.3. The van der Waals surface area contributed by atoms with E-state index in [4.69, 9.17) is 0 Å². The molecule has 182 valence electrons. The van der Waals surface area contributed by atoms with Crippen molar-refractivity contribution >= 4 is 44.8 Å². The Balaban J connectivity index is 1.53. The van der Waals surface area contributed by atoms with Gasteiger partial charge in [-0.05, 0) is 42.0 Å². The van der Waals surface area contributed by atoms with Crippen LogP contribution in [0.2, 0.25) is 0 Å². The van der Waals surface area contributed by atoms with Crippen molar-refractivity contribution in [2.45, 2.75) is 18.2 Å². The second-order valence-corrected chi connectivity index (χ2v) is 9.43. The van der Waals surface area contributed by atoms with Crippen molar-refractivity contribution in [3.05, 3.63) is 111 Å². The molecule has 0 aromatic heterocycles. The van der Waals surface area contributed by atoms with Crippen LogP contribution in [0.25, 0.3) is 0 Å². The van der Waals surface area contributed by atoms with Gasteiger partial charge in [-0.2, -0.15) is 0 Å². The van der Waals surface area contributed by atoms with Crippen LogP contribution in [0.3, 0.4) is 0 Å². The van der Waals surface area contributed by atoms with Gasteiger partial charge in [-0.25, -0.2) is 9.91 Å². The molecule has 36 heavy (non-hydrogen) atoms. The van der Waals surface area contributed by atoms with E-state index in [1.807, 2.05) is 12.1 Å². The Morgan fingerprint density at radius 2 is 1.58 bits per heavy atom. The topological polar surface area (TPSA) is 116 Å². The average Bonchev–Trinajstić information content (AvgIpc) is 3.15. The number of amides is 2. The van der Waals surface area contributed by atoms with Crippen LogP contribution in [0, 0.1) is 16.0 Å². The third-order valence-electron chi connectivity index (χ3n) is 6.34. The van der Waals surface area contributed by atoms with Gasteiger partial charge in [0, 0.05) is 22.3 Å². The van der Waals surface area contributed by atoms with E-state index < -0.39 is 34.9 Å². The molecule has 2 unspecified atom stereocenters. The lowest BCUT2D eigenvalue weighted by Gasteiger charge is -2.40. The number of fused-ring (bicyclic) bond motifs is 1. The number of imide groups is 1. The number of anilines is 2. The van der Waals surface area contributed by atoms with E-state index in [2.05, 4.69) is 21.4 Å². The van der Waals surface area contributed by atoms with Gasteiger partial charge in [0.2, 0.25) is 5.91 Å². The molecule has 5 rings (SSSR count). The van der Waals surface area contributed by atoms with Crippen LogP contribution in [0.15, 0.2) is 95.5 Å². The zero-order valence-electron chi connectivity index (χ0n) is 18.8. The number of nitro benzene ring substituents is 1. The Bertz CT molecular complexity index is 1330. The fourth-order valence-electron chi connectivity index (χ4n) is 4.57. The maximum Gasteiger partial charge on any atom is 0.269 e. The highest BCUT2D eigenvalue weighted by Gasteiger charge is 2.54. The van der Waals surface area contributed by atoms with Crippen molar-refractivity contribution in [2.75, 3.05) is 10.3 Å². The normalized spacial score (nSPS) is 22.4. The van der Waals surface area contributed by atoms with Crippen molar-refractivity contribution in [1.29, 1.82) is 0 Å². The highest BCUT2D eigenvalue weighted by atomic mass is 79.9. The lowest BCUT2D eigenvalue weighted by Crippen LogP contribution is -2.55. The predicted molar refractivity (Wildman–Crippen MR) is 137 cm³/mol. The standard InChI is InChI=1S/C26H21BrN4O5/c27-17-8-6-16(7-9-17)24(32)22-15-14-21-23(26(34)29(25(21)33)19-4-2-1-3-5-19)30(22)28-18-10-12-20(13-11-18)31(35)36/h1-15,21-24,28,32H/t21?,22?,23-,24-/m0/s1. The van der Waals surface area contributed by atoms with Crippen LogP contribution < -0.4 is 10.3 Å². The summed E-state index contributed by atoms with van der Waals surface area (Å²) in [5.41, 5.74) is 4.63. The molecule has 2 aliphatic heterocycles. The summed E-state index contributed by atoms with van der Waals surface area (Å²) < 4.78 is 0.855. The number of rotatable bonds is 6. The maximum atomic E-state index is 13.7. The molecule has 2 amide bonds. The van der Waals surface area contributed by atoms with Crippen molar-refractivity contribution in [3.8, 4) is 0 Å². The highest BCUT2D eigenvalue weighted by molar-refractivity contribution is 9.10. The quantitative estimate of drug-likeness (QED) is 0.205. The molecule has 2 N–H and O–H groups in total. The minimum Gasteiger partial charge on any atom is -0.386 e. The van der Waals surface area contributed by atoms with Gasteiger partial charge in [-0.1, -0.05) is 58.4 Å². The van der Waals surface area contributed by atoms with E-state index in [9.17, 15) is 24.8 Å². The number of aliphatic hydroxyl groups is 1. The monoisotopic (exact) mass is 548 g/mol. The molecule has 0 radical (unpaired) electrons. The molecule has 1 saturated heterocycles. The summed E-state index contributed by atoms with van der Waals surface area (Å²) >= 11 is 3.39. The SMILES string of the molecule is O=C1C2C=CC([C@@H](O)c3ccc(Br)cc3)N(Nc3ccc([N+](=O)[O-])cc3)[C@@H]2C(=O)N1c1ccccc1. The van der Waals surface area contributed by atoms with Crippen LogP contribution in [0.5, 0.6) is 0 Å². The van der Waals surface area contributed by atoms with E-state index in [0.29, 0.717) is 16.9 Å². The Morgan fingerprint density at radius 1 is 0.917 bits per heavy atom. The Morgan fingerprint density at radius 3 is 2.22 bits per heavy atom. The molecule has 3 aromatic carbocycles.